The summed E-state index contributed by atoms with van der Waals surface area (Å²) in [6.07, 6.45) is 1.53. The zero-order valence-corrected chi connectivity index (χ0v) is 7.10. The number of para-hydroxylation sites is 1. The van der Waals surface area contributed by atoms with Crippen molar-refractivity contribution in [3.8, 4) is 0 Å². The summed E-state index contributed by atoms with van der Waals surface area (Å²) < 4.78 is 1.54. The summed E-state index contributed by atoms with van der Waals surface area (Å²) in [5.41, 5.74) is 0.846. The molecule has 2 heteroatoms. The molecule has 0 fully saturated rings. The van der Waals surface area contributed by atoms with Gasteiger partial charge in [0.15, 0.2) is 0 Å². The van der Waals surface area contributed by atoms with Crippen LogP contribution < -0.4 is 5.56 Å². The molecule has 2 nitrogen and oxygen atoms in total. The summed E-state index contributed by atoms with van der Waals surface area (Å²) in [7, 11) is 0. The maximum atomic E-state index is 11.4. The Kier molecular flexibility index (Phi) is 1.74. The predicted octanol–water partition coefficient (Wildman–Crippen LogP) is 2.10. The Hall–Kier alpha value is -1.83. The van der Waals surface area contributed by atoms with Gasteiger partial charge in [0.05, 0.1) is 5.52 Å². The molecule has 0 spiro atoms. The van der Waals surface area contributed by atoms with Crippen LogP contribution in [0.1, 0.15) is 0 Å². The first kappa shape index (κ1) is 7.80. The summed E-state index contributed by atoms with van der Waals surface area (Å²) >= 11 is 0. The fraction of sp³-hybridized carbons (Fsp3) is 0. The smallest absolute Gasteiger partial charge is 0.255 e. The Labute approximate surface area is 75.7 Å². The van der Waals surface area contributed by atoms with Crippen LogP contribution >= 0.6 is 0 Å². The second kappa shape index (κ2) is 2.90. The number of rotatable bonds is 1. The van der Waals surface area contributed by atoms with E-state index in [1.807, 2.05) is 30.3 Å². The molecule has 13 heavy (non-hydrogen) atoms. The third-order valence-corrected chi connectivity index (χ3v) is 2.02. The molecule has 0 radical (unpaired) electrons. The van der Waals surface area contributed by atoms with E-state index >= 15 is 0 Å². The van der Waals surface area contributed by atoms with Crippen LogP contribution in [0.15, 0.2) is 47.8 Å². The van der Waals surface area contributed by atoms with Crippen molar-refractivity contribution in [3.63, 3.8) is 0 Å². The Bertz CT molecular complexity index is 511. The molecule has 2 rings (SSSR count). The molecule has 0 atom stereocenters. The number of benzene rings is 1. The Morgan fingerprint density at radius 3 is 2.69 bits per heavy atom. The quantitative estimate of drug-likeness (QED) is 0.644. The van der Waals surface area contributed by atoms with Gasteiger partial charge in [0.25, 0.3) is 5.56 Å². The minimum absolute atomic E-state index is 0.0475. The lowest BCUT2D eigenvalue weighted by molar-refractivity contribution is 1.12. The average molecular weight is 171 g/mol. The second-order valence-electron chi connectivity index (χ2n) is 2.78. The summed E-state index contributed by atoms with van der Waals surface area (Å²) in [6, 6.07) is 11.1. The van der Waals surface area contributed by atoms with E-state index in [2.05, 4.69) is 6.58 Å². The second-order valence-corrected chi connectivity index (χ2v) is 2.78. The fourth-order valence-corrected chi connectivity index (χ4v) is 1.40. The molecule has 1 aromatic carbocycles. The van der Waals surface area contributed by atoms with Crippen LogP contribution in [0, 0.1) is 0 Å². The third-order valence-electron chi connectivity index (χ3n) is 2.02. The first-order valence-corrected chi connectivity index (χ1v) is 4.06. The lowest BCUT2D eigenvalue weighted by Gasteiger charge is -2.02. The van der Waals surface area contributed by atoms with Gasteiger partial charge in [0.1, 0.15) is 0 Å². The van der Waals surface area contributed by atoms with Gasteiger partial charge in [-0.05, 0) is 17.5 Å². The van der Waals surface area contributed by atoms with Crippen LogP contribution in [0.5, 0.6) is 0 Å². The molecular formula is C11H9NO. The van der Waals surface area contributed by atoms with Gasteiger partial charge in [-0.2, -0.15) is 0 Å². The van der Waals surface area contributed by atoms with E-state index < -0.39 is 0 Å². The van der Waals surface area contributed by atoms with Crippen LogP contribution in [0.4, 0.5) is 0 Å². The van der Waals surface area contributed by atoms with Crippen molar-refractivity contribution >= 4 is 17.1 Å². The van der Waals surface area contributed by atoms with E-state index in [4.69, 9.17) is 0 Å². The highest BCUT2D eigenvalue weighted by Crippen LogP contribution is 2.10. The van der Waals surface area contributed by atoms with Crippen LogP contribution in [0.2, 0.25) is 0 Å². The SMILES string of the molecule is C=Cn1c(=O)ccc2ccccc21. The van der Waals surface area contributed by atoms with Gasteiger partial charge in [-0.1, -0.05) is 24.8 Å². The summed E-state index contributed by atoms with van der Waals surface area (Å²) in [4.78, 5) is 11.4. The first-order valence-electron chi connectivity index (χ1n) is 4.06. The first-order chi connectivity index (χ1) is 6.33. The molecule has 0 bridgehead atoms. The molecule has 2 aromatic rings. The van der Waals surface area contributed by atoms with E-state index in [0.717, 1.165) is 10.9 Å². The van der Waals surface area contributed by atoms with E-state index in [1.54, 1.807) is 6.07 Å². The van der Waals surface area contributed by atoms with Gasteiger partial charge >= 0.3 is 0 Å². The zero-order chi connectivity index (χ0) is 9.26. The van der Waals surface area contributed by atoms with E-state index in [0.29, 0.717) is 0 Å². The fourth-order valence-electron chi connectivity index (χ4n) is 1.40. The molecule has 0 N–H and O–H groups in total. The lowest BCUT2D eigenvalue weighted by atomic mass is 10.2. The number of pyridine rings is 1. The van der Waals surface area contributed by atoms with Crippen molar-refractivity contribution in [2.45, 2.75) is 0 Å². The highest BCUT2D eigenvalue weighted by atomic mass is 16.1. The van der Waals surface area contributed by atoms with Crippen molar-refractivity contribution in [1.29, 1.82) is 0 Å². The summed E-state index contributed by atoms with van der Waals surface area (Å²) in [6.45, 7) is 3.60. The van der Waals surface area contributed by atoms with Crippen molar-refractivity contribution in [2.24, 2.45) is 0 Å². The molecule has 0 saturated carbocycles. The minimum Gasteiger partial charge on any atom is -0.284 e. The minimum atomic E-state index is -0.0475. The zero-order valence-electron chi connectivity index (χ0n) is 7.10. The van der Waals surface area contributed by atoms with Gasteiger partial charge in [-0.15, -0.1) is 0 Å². The van der Waals surface area contributed by atoms with Gasteiger partial charge in [0.2, 0.25) is 0 Å². The average Bonchev–Trinajstić information content (AvgIpc) is 2.18. The van der Waals surface area contributed by atoms with Crippen LogP contribution in [0.25, 0.3) is 17.1 Å². The van der Waals surface area contributed by atoms with Crippen molar-refractivity contribution in [1.82, 2.24) is 4.57 Å². The van der Waals surface area contributed by atoms with E-state index in [1.165, 1.54) is 10.8 Å². The Balaban J connectivity index is 3.00. The molecule has 1 aromatic heterocycles. The Morgan fingerprint density at radius 1 is 1.15 bits per heavy atom. The van der Waals surface area contributed by atoms with Crippen LogP contribution in [-0.2, 0) is 0 Å². The van der Waals surface area contributed by atoms with E-state index in [-0.39, 0.29) is 5.56 Å². The third kappa shape index (κ3) is 1.16. The molecule has 0 aliphatic rings. The maximum Gasteiger partial charge on any atom is 0.255 e. The topological polar surface area (TPSA) is 22.0 Å². The van der Waals surface area contributed by atoms with Gasteiger partial charge in [-0.25, -0.2) is 0 Å². The summed E-state index contributed by atoms with van der Waals surface area (Å²) in [5, 5.41) is 1.04. The highest BCUT2D eigenvalue weighted by Gasteiger charge is 1.97. The number of hydrogen-bond donors (Lipinski definition) is 0. The van der Waals surface area contributed by atoms with Gasteiger partial charge in [-0.3, -0.25) is 9.36 Å². The molecule has 1 heterocycles. The highest BCUT2D eigenvalue weighted by molar-refractivity contribution is 5.80. The molecule has 0 aliphatic heterocycles. The summed E-state index contributed by atoms with van der Waals surface area (Å²) in [5.74, 6) is 0. The molecule has 0 amide bonds. The van der Waals surface area contributed by atoms with Crippen molar-refractivity contribution in [3.05, 3.63) is 53.3 Å². The molecule has 0 saturated heterocycles. The molecule has 64 valence electrons. The largest absolute Gasteiger partial charge is 0.284 e. The lowest BCUT2D eigenvalue weighted by Crippen LogP contribution is -2.13. The van der Waals surface area contributed by atoms with Gasteiger partial charge < -0.3 is 0 Å². The monoisotopic (exact) mass is 171 g/mol. The molecule has 0 aliphatic carbocycles. The normalized spacial score (nSPS) is 10.2. The number of hydrogen-bond acceptors (Lipinski definition) is 1. The molecule has 0 unspecified atom stereocenters. The Morgan fingerprint density at radius 2 is 1.92 bits per heavy atom. The number of aromatic nitrogens is 1. The van der Waals surface area contributed by atoms with Gasteiger partial charge in [0, 0.05) is 12.3 Å². The number of fused-ring (bicyclic) bond motifs is 1. The maximum absolute atomic E-state index is 11.4. The predicted molar refractivity (Wildman–Crippen MR) is 54.6 cm³/mol. The van der Waals surface area contributed by atoms with Crippen LogP contribution in [-0.4, -0.2) is 4.57 Å². The standard InChI is InChI=1S/C11H9NO/c1-2-12-10-6-4-3-5-9(10)7-8-11(12)13/h2-8H,1H2. The number of nitrogens with zero attached hydrogens (tertiary/aromatic N) is 1. The van der Waals surface area contributed by atoms with Crippen molar-refractivity contribution < 1.29 is 0 Å². The molecular weight excluding hydrogens is 162 g/mol. The van der Waals surface area contributed by atoms with Crippen molar-refractivity contribution in [2.75, 3.05) is 0 Å². The van der Waals surface area contributed by atoms with Crippen LogP contribution in [0.3, 0.4) is 0 Å². The van der Waals surface area contributed by atoms with E-state index in [9.17, 15) is 4.79 Å².